The van der Waals surface area contributed by atoms with Crippen LogP contribution in [0.1, 0.15) is 19.3 Å². The molecule has 28 heavy (non-hydrogen) atoms. The Labute approximate surface area is 166 Å². The largest absolute Gasteiger partial charge is 0.497 e. The zero-order chi connectivity index (χ0) is 19.6. The Balaban J connectivity index is 1.71. The fourth-order valence-electron chi connectivity index (χ4n) is 3.97. The van der Waals surface area contributed by atoms with E-state index in [4.69, 9.17) is 4.74 Å². The molecule has 148 valence electrons. The average Bonchev–Trinajstić information content (AvgIpc) is 3.36. The molecule has 0 spiro atoms. The minimum absolute atomic E-state index is 0.314. The fraction of sp³-hybridized carbons (Fsp3) is 0.364. The van der Waals surface area contributed by atoms with E-state index in [1.165, 1.54) is 25.9 Å². The van der Waals surface area contributed by atoms with E-state index in [1.54, 1.807) is 37.6 Å². The first-order valence-electron chi connectivity index (χ1n) is 9.79. The second kappa shape index (κ2) is 7.97. The van der Waals surface area contributed by atoms with Gasteiger partial charge in [-0.05, 0) is 69.2 Å². The van der Waals surface area contributed by atoms with Crippen molar-refractivity contribution >= 4 is 20.7 Å². The number of likely N-dealkylation sites (tertiary alicyclic amines) is 1. The Morgan fingerprint density at radius 1 is 1.00 bits per heavy atom. The predicted octanol–water partition coefficient (Wildman–Crippen LogP) is 3.97. The van der Waals surface area contributed by atoms with E-state index in [9.17, 15) is 8.42 Å². The van der Waals surface area contributed by atoms with E-state index in [-0.39, 0.29) is 0 Å². The molecule has 0 saturated carbocycles. The van der Waals surface area contributed by atoms with Gasteiger partial charge < -0.3 is 14.2 Å². The Bertz CT molecular complexity index is 1050. The highest BCUT2D eigenvalue weighted by atomic mass is 32.2. The third kappa shape index (κ3) is 3.66. The molecule has 1 aromatic heterocycles. The molecule has 0 radical (unpaired) electrons. The standard InChI is InChI=1S/C22H26N2O3S/c1-27-18-10-11-21-20(16-18)22(28(25,26)19-8-3-2-4-9-19)17-24(21)15-7-14-23-12-5-6-13-23/h2-4,8-11,16-17H,5-7,12-15H2,1H3. The molecular weight excluding hydrogens is 372 g/mol. The van der Waals surface area contributed by atoms with Crippen molar-refractivity contribution in [3.05, 3.63) is 54.7 Å². The first-order valence-corrected chi connectivity index (χ1v) is 11.3. The molecule has 6 heteroatoms. The molecule has 5 nitrogen and oxygen atoms in total. The Kier molecular flexibility index (Phi) is 5.42. The van der Waals surface area contributed by atoms with Gasteiger partial charge in [0.2, 0.25) is 9.84 Å². The highest BCUT2D eigenvalue weighted by Crippen LogP contribution is 2.32. The van der Waals surface area contributed by atoms with Crippen LogP contribution in [0.5, 0.6) is 5.75 Å². The molecule has 2 heterocycles. The summed E-state index contributed by atoms with van der Waals surface area (Å²) in [5.41, 5.74) is 0.928. The fourth-order valence-corrected chi connectivity index (χ4v) is 5.46. The maximum Gasteiger partial charge on any atom is 0.208 e. The molecule has 0 N–H and O–H groups in total. The van der Waals surface area contributed by atoms with Gasteiger partial charge in [0.15, 0.2) is 0 Å². The summed E-state index contributed by atoms with van der Waals surface area (Å²) < 4.78 is 34.0. The van der Waals surface area contributed by atoms with Crippen molar-refractivity contribution in [2.24, 2.45) is 0 Å². The number of hydrogen-bond donors (Lipinski definition) is 0. The molecule has 0 atom stereocenters. The molecule has 0 bridgehead atoms. The van der Waals surface area contributed by atoms with E-state index in [2.05, 4.69) is 9.47 Å². The minimum atomic E-state index is -3.60. The van der Waals surface area contributed by atoms with E-state index in [0.717, 1.165) is 25.0 Å². The summed E-state index contributed by atoms with van der Waals surface area (Å²) in [6.07, 6.45) is 5.36. The molecule has 2 aromatic carbocycles. The molecule has 1 aliphatic rings. The van der Waals surface area contributed by atoms with Crippen molar-refractivity contribution in [1.29, 1.82) is 0 Å². The predicted molar refractivity (Wildman–Crippen MR) is 111 cm³/mol. The first-order chi connectivity index (χ1) is 13.6. The van der Waals surface area contributed by atoms with Crippen LogP contribution in [0.15, 0.2) is 64.5 Å². The number of sulfone groups is 1. The first kappa shape index (κ1) is 19.0. The van der Waals surface area contributed by atoms with Gasteiger partial charge in [-0.25, -0.2) is 8.42 Å². The van der Waals surface area contributed by atoms with Crippen LogP contribution in [0.3, 0.4) is 0 Å². The smallest absolute Gasteiger partial charge is 0.208 e. The lowest BCUT2D eigenvalue weighted by Gasteiger charge is -2.14. The molecule has 0 unspecified atom stereocenters. The van der Waals surface area contributed by atoms with E-state index in [0.29, 0.717) is 20.9 Å². The van der Waals surface area contributed by atoms with E-state index in [1.807, 2.05) is 24.3 Å². The van der Waals surface area contributed by atoms with Crippen LogP contribution in [-0.2, 0) is 16.4 Å². The van der Waals surface area contributed by atoms with Gasteiger partial charge in [-0.1, -0.05) is 18.2 Å². The van der Waals surface area contributed by atoms with Gasteiger partial charge in [-0.2, -0.15) is 0 Å². The van der Waals surface area contributed by atoms with Gasteiger partial charge >= 0.3 is 0 Å². The van der Waals surface area contributed by atoms with Gasteiger partial charge in [0, 0.05) is 23.6 Å². The van der Waals surface area contributed by atoms with Crippen molar-refractivity contribution in [3.8, 4) is 5.75 Å². The quantitative estimate of drug-likeness (QED) is 0.604. The monoisotopic (exact) mass is 398 g/mol. The van der Waals surface area contributed by atoms with Crippen LogP contribution >= 0.6 is 0 Å². The van der Waals surface area contributed by atoms with Crippen LogP contribution in [0, 0.1) is 0 Å². The second-order valence-corrected chi connectivity index (χ2v) is 9.21. The third-order valence-corrected chi connectivity index (χ3v) is 7.26. The molecule has 3 aromatic rings. The third-order valence-electron chi connectivity index (χ3n) is 5.47. The average molecular weight is 399 g/mol. The lowest BCUT2D eigenvalue weighted by molar-refractivity contribution is 0.326. The molecule has 1 aliphatic heterocycles. The van der Waals surface area contributed by atoms with E-state index < -0.39 is 9.84 Å². The lowest BCUT2D eigenvalue weighted by Crippen LogP contribution is -2.21. The molecule has 1 saturated heterocycles. The van der Waals surface area contributed by atoms with Crippen molar-refractivity contribution in [3.63, 3.8) is 0 Å². The van der Waals surface area contributed by atoms with E-state index >= 15 is 0 Å². The van der Waals surface area contributed by atoms with Gasteiger partial charge in [-0.3, -0.25) is 0 Å². The second-order valence-electron chi connectivity index (χ2n) is 7.29. The Morgan fingerprint density at radius 2 is 1.75 bits per heavy atom. The zero-order valence-electron chi connectivity index (χ0n) is 16.2. The van der Waals surface area contributed by atoms with Crippen molar-refractivity contribution in [2.75, 3.05) is 26.7 Å². The van der Waals surface area contributed by atoms with Gasteiger partial charge in [0.1, 0.15) is 5.75 Å². The van der Waals surface area contributed by atoms with Crippen LogP contribution in [0.4, 0.5) is 0 Å². The molecule has 0 amide bonds. The van der Waals surface area contributed by atoms with Gasteiger partial charge in [0.05, 0.1) is 16.9 Å². The number of aryl methyl sites for hydroxylation is 1. The number of ether oxygens (including phenoxy) is 1. The molecule has 0 aliphatic carbocycles. The Hall–Kier alpha value is -2.31. The zero-order valence-corrected chi connectivity index (χ0v) is 17.0. The number of benzene rings is 2. The SMILES string of the molecule is COc1ccc2c(c1)c(S(=O)(=O)c1ccccc1)cn2CCCN1CCCC1. The number of hydrogen-bond acceptors (Lipinski definition) is 4. The minimum Gasteiger partial charge on any atom is -0.497 e. The maximum absolute atomic E-state index is 13.3. The maximum atomic E-state index is 13.3. The molecular formula is C22H26N2O3S. The van der Waals surface area contributed by atoms with Crippen molar-refractivity contribution in [1.82, 2.24) is 9.47 Å². The summed E-state index contributed by atoms with van der Waals surface area (Å²) in [6, 6.07) is 14.3. The van der Waals surface area contributed by atoms with Crippen LogP contribution in [-0.4, -0.2) is 44.6 Å². The van der Waals surface area contributed by atoms with Gasteiger partial charge in [-0.15, -0.1) is 0 Å². The summed E-state index contributed by atoms with van der Waals surface area (Å²) >= 11 is 0. The van der Waals surface area contributed by atoms with Crippen LogP contribution < -0.4 is 4.74 Å². The topological polar surface area (TPSA) is 51.5 Å². The number of methoxy groups -OCH3 is 1. The van der Waals surface area contributed by atoms with Gasteiger partial charge in [0.25, 0.3) is 0 Å². The number of fused-ring (bicyclic) bond motifs is 1. The number of nitrogens with zero attached hydrogens (tertiary/aromatic N) is 2. The summed E-state index contributed by atoms with van der Waals surface area (Å²) in [5, 5.41) is 0.712. The number of rotatable bonds is 7. The normalized spacial score (nSPS) is 15.3. The molecule has 1 fully saturated rings. The molecule has 4 rings (SSSR count). The highest BCUT2D eigenvalue weighted by molar-refractivity contribution is 7.91. The van der Waals surface area contributed by atoms with Crippen LogP contribution in [0.25, 0.3) is 10.9 Å². The Morgan fingerprint density at radius 3 is 2.46 bits per heavy atom. The summed E-state index contributed by atoms with van der Waals surface area (Å²) in [5.74, 6) is 0.659. The highest BCUT2D eigenvalue weighted by Gasteiger charge is 2.23. The summed E-state index contributed by atoms with van der Waals surface area (Å²) in [7, 11) is -2.00. The lowest BCUT2D eigenvalue weighted by atomic mass is 10.2. The van der Waals surface area contributed by atoms with Crippen molar-refractivity contribution in [2.45, 2.75) is 35.6 Å². The van der Waals surface area contributed by atoms with Crippen LogP contribution in [0.2, 0.25) is 0 Å². The summed E-state index contributed by atoms with van der Waals surface area (Å²) in [4.78, 5) is 3.14. The van der Waals surface area contributed by atoms with Crippen molar-refractivity contribution < 1.29 is 13.2 Å². The number of aromatic nitrogens is 1. The summed E-state index contributed by atoms with van der Waals surface area (Å²) in [6.45, 7) is 4.20.